The van der Waals surface area contributed by atoms with Crippen LogP contribution >= 0.6 is 11.3 Å². The molecule has 0 aliphatic rings. The number of benzene rings is 1. The smallest absolute Gasteiger partial charge is 0.225 e. The zero-order chi connectivity index (χ0) is 9.10. The van der Waals surface area contributed by atoms with Gasteiger partial charge in [0.15, 0.2) is 12.2 Å². The molecule has 14 heavy (non-hydrogen) atoms. The molecule has 1 aromatic heterocycles. The van der Waals surface area contributed by atoms with E-state index in [0.29, 0.717) is 0 Å². The van der Waals surface area contributed by atoms with Crippen molar-refractivity contribution < 1.29 is 21.5 Å². The molecular formula is C11H12BrNS. The number of nitrogens with zero attached hydrogens (tertiary/aromatic N) is 1. The monoisotopic (exact) mass is 269 g/mol. The summed E-state index contributed by atoms with van der Waals surface area (Å²) in [5.74, 6) is 0. The van der Waals surface area contributed by atoms with Crippen LogP contribution in [0.4, 0.5) is 0 Å². The number of aryl methyl sites for hydroxylation is 1. The van der Waals surface area contributed by atoms with E-state index in [1.165, 1.54) is 11.3 Å². The molecule has 0 unspecified atom stereocenters. The van der Waals surface area contributed by atoms with Gasteiger partial charge in [0.05, 0.1) is 5.38 Å². The second-order valence-electron chi connectivity index (χ2n) is 3.11. The van der Waals surface area contributed by atoms with Gasteiger partial charge in [0.1, 0.15) is 0 Å². The molecule has 0 fully saturated rings. The minimum Gasteiger partial charge on any atom is -1.00 e. The SMILES string of the molecule is Cc1csc[n+]1Cc1ccccc1.[Br-]. The highest BCUT2D eigenvalue weighted by Gasteiger charge is 2.06. The van der Waals surface area contributed by atoms with Crippen molar-refractivity contribution in [1.29, 1.82) is 0 Å². The topological polar surface area (TPSA) is 3.88 Å². The molecule has 0 amide bonds. The normalized spacial score (nSPS) is 9.50. The first-order valence-electron chi connectivity index (χ1n) is 4.32. The molecule has 1 aromatic carbocycles. The molecule has 1 heterocycles. The van der Waals surface area contributed by atoms with Crippen LogP contribution in [0.3, 0.4) is 0 Å². The Hall–Kier alpha value is -0.670. The molecule has 2 rings (SSSR count). The van der Waals surface area contributed by atoms with Crippen molar-refractivity contribution in [2.24, 2.45) is 0 Å². The highest BCUT2D eigenvalue weighted by Crippen LogP contribution is 2.01. The van der Waals surface area contributed by atoms with Gasteiger partial charge < -0.3 is 17.0 Å². The van der Waals surface area contributed by atoms with Crippen LogP contribution < -0.4 is 21.5 Å². The Morgan fingerprint density at radius 3 is 2.50 bits per heavy atom. The molecule has 0 atom stereocenters. The molecule has 0 aliphatic heterocycles. The molecule has 3 heteroatoms. The summed E-state index contributed by atoms with van der Waals surface area (Å²) in [5.41, 5.74) is 4.84. The number of hydrogen-bond donors (Lipinski definition) is 0. The van der Waals surface area contributed by atoms with Gasteiger partial charge in [-0.05, 0) is 0 Å². The Labute approximate surface area is 98.8 Å². The summed E-state index contributed by atoms with van der Waals surface area (Å²) in [6.07, 6.45) is 0. The number of aromatic nitrogens is 1. The van der Waals surface area contributed by atoms with Crippen LogP contribution in [0.25, 0.3) is 0 Å². The minimum atomic E-state index is 0. The summed E-state index contributed by atoms with van der Waals surface area (Å²) < 4.78 is 2.26. The Kier molecular flexibility index (Phi) is 4.29. The second kappa shape index (κ2) is 5.27. The van der Waals surface area contributed by atoms with Crippen molar-refractivity contribution in [2.75, 3.05) is 0 Å². The molecule has 0 radical (unpaired) electrons. The molecular weight excluding hydrogens is 258 g/mol. The average Bonchev–Trinajstić information content (AvgIpc) is 2.54. The second-order valence-corrected chi connectivity index (χ2v) is 3.83. The quantitative estimate of drug-likeness (QED) is 0.641. The van der Waals surface area contributed by atoms with Gasteiger partial charge in [-0.15, -0.1) is 0 Å². The third kappa shape index (κ3) is 2.66. The van der Waals surface area contributed by atoms with Gasteiger partial charge in [0.25, 0.3) is 0 Å². The van der Waals surface area contributed by atoms with Crippen molar-refractivity contribution in [3.63, 3.8) is 0 Å². The largest absolute Gasteiger partial charge is 1.00 e. The fourth-order valence-electron chi connectivity index (χ4n) is 1.30. The lowest BCUT2D eigenvalue weighted by Gasteiger charge is -1.95. The molecule has 0 saturated carbocycles. The van der Waals surface area contributed by atoms with Gasteiger partial charge in [0, 0.05) is 12.5 Å². The molecule has 0 saturated heterocycles. The minimum absolute atomic E-state index is 0. The van der Waals surface area contributed by atoms with Crippen LogP contribution in [0.15, 0.2) is 41.2 Å². The summed E-state index contributed by atoms with van der Waals surface area (Å²) >= 11 is 1.75. The predicted molar refractivity (Wildman–Crippen MR) is 54.8 cm³/mol. The number of rotatable bonds is 2. The van der Waals surface area contributed by atoms with Crippen LogP contribution in [0.1, 0.15) is 11.3 Å². The van der Waals surface area contributed by atoms with E-state index >= 15 is 0 Å². The van der Waals surface area contributed by atoms with Gasteiger partial charge in [-0.25, -0.2) is 0 Å². The Morgan fingerprint density at radius 1 is 1.21 bits per heavy atom. The molecule has 0 bridgehead atoms. The van der Waals surface area contributed by atoms with E-state index in [9.17, 15) is 0 Å². The van der Waals surface area contributed by atoms with Gasteiger partial charge >= 0.3 is 0 Å². The van der Waals surface area contributed by atoms with Gasteiger partial charge in [-0.3, -0.25) is 0 Å². The third-order valence-corrected chi connectivity index (χ3v) is 2.93. The Morgan fingerprint density at radius 2 is 1.93 bits per heavy atom. The zero-order valence-corrected chi connectivity index (χ0v) is 10.4. The van der Waals surface area contributed by atoms with Gasteiger partial charge in [-0.1, -0.05) is 41.7 Å². The van der Waals surface area contributed by atoms with Gasteiger partial charge in [0.2, 0.25) is 5.51 Å². The standard InChI is InChI=1S/C11H12NS.BrH/c1-10-8-13-9-12(10)7-11-5-3-2-4-6-11;/h2-6,8-9H,7H2,1H3;1H/q+1;/p-1. The van der Waals surface area contributed by atoms with Crippen LogP contribution in [0, 0.1) is 6.92 Å². The summed E-state index contributed by atoms with van der Waals surface area (Å²) in [4.78, 5) is 0. The molecule has 1 nitrogen and oxygen atoms in total. The van der Waals surface area contributed by atoms with Crippen LogP contribution in [-0.4, -0.2) is 0 Å². The Balaban J connectivity index is 0.000000980. The maximum atomic E-state index is 2.26. The highest BCUT2D eigenvalue weighted by atomic mass is 79.9. The van der Waals surface area contributed by atoms with E-state index in [1.54, 1.807) is 11.3 Å². The van der Waals surface area contributed by atoms with Crippen molar-refractivity contribution in [1.82, 2.24) is 0 Å². The van der Waals surface area contributed by atoms with E-state index in [2.05, 4.69) is 52.7 Å². The first-order chi connectivity index (χ1) is 6.36. The van der Waals surface area contributed by atoms with E-state index < -0.39 is 0 Å². The van der Waals surface area contributed by atoms with E-state index in [4.69, 9.17) is 0 Å². The van der Waals surface area contributed by atoms with Crippen molar-refractivity contribution >= 4 is 11.3 Å². The highest BCUT2D eigenvalue weighted by molar-refractivity contribution is 7.07. The van der Waals surface area contributed by atoms with Crippen LogP contribution in [0.2, 0.25) is 0 Å². The zero-order valence-electron chi connectivity index (χ0n) is 7.98. The maximum Gasteiger partial charge on any atom is 0.225 e. The maximum absolute atomic E-state index is 2.26. The van der Waals surface area contributed by atoms with E-state index in [1.807, 2.05) is 0 Å². The lowest BCUT2D eigenvalue weighted by atomic mass is 10.2. The Bertz CT molecular complexity index is 383. The molecule has 0 aliphatic carbocycles. The predicted octanol–water partition coefficient (Wildman–Crippen LogP) is -0.604. The van der Waals surface area contributed by atoms with Gasteiger partial charge in [-0.2, -0.15) is 4.57 Å². The van der Waals surface area contributed by atoms with Crippen LogP contribution in [-0.2, 0) is 6.54 Å². The molecule has 2 aromatic rings. The summed E-state index contributed by atoms with van der Waals surface area (Å²) in [7, 11) is 0. The third-order valence-electron chi connectivity index (χ3n) is 2.08. The summed E-state index contributed by atoms with van der Waals surface area (Å²) in [5, 5.41) is 2.17. The fourth-order valence-corrected chi connectivity index (χ4v) is 2.08. The lowest BCUT2D eigenvalue weighted by Crippen LogP contribution is -3.00. The first-order valence-corrected chi connectivity index (χ1v) is 5.27. The molecule has 74 valence electrons. The lowest BCUT2D eigenvalue weighted by molar-refractivity contribution is -0.689. The van der Waals surface area contributed by atoms with E-state index in [-0.39, 0.29) is 17.0 Å². The summed E-state index contributed by atoms with van der Waals surface area (Å²) in [6, 6.07) is 10.5. The number of halogens is 1. The molecule has 0 spiro atoms. The fraction of sp³-hybridized carbons (Fsp3) is 0.182. The van der Waals surface area contributed by atoms with Crippen molar-refractivity contribution in [3.05, 3.63) is 52.5 Å². The van der Waals surface area contributed by atoms with Crippen LogP contribution in [0.5, 0.6) is 0 Å². The first kappa shape index (κ1) is 11.4. The molecule has 0 N–H and O–H groups in total. The van der Waals surface area contributed by atoms with E-state index in [0.717, 1.165) is 6.54 Å². The van der Waals surface area contributed by atoms with Crippen molar-refractivity contribution in [3.8, 4) is 0 Å². The number of thiazole rings is 1. The summed E-state index contributed by atoms with van der Waals surface area (Å²) in [6.45, 7) is 3.12. The number of hydrogen-bond acceptors (Lipinski definition) is 1. The average molecular weight is 270 g/mol. The van der Waals surface area contributed by atoms with Crippen molar-refractivity contribution in [2.45, 2.75) is 13.5 Å².